The van der Waals surface area contributed by atoms with Gasteiger partial charge >= 0.3 is 0 Å². The lowest BCUT2D eigenvalue weighted by atomic mass is 10.1. The fourth-order valence-electron chi connectivity index (χ4n) is 4.52. The van der Waals surface area contributed by atoms with Crippen LogP contribution in [-0.2, 0) is 11.3 Å². The molecule has 0 fully saturated rings. The molecule has 3 nitrogen and oxygen atoms in total. The van der Waals surface area contributed by atoms with Crippen molar-refractivity contribution in [1.29, 1.82) is 0 Å². The van der Waals surface area contributed by atoms with E-state index in [0.29, 0.717) is 13.1 Å². The van der Waals surface area contributed by atoms with Gasteiger partial charge in [-0.05, 0) is 12.8 Å². The van der Waals surface area contributed by atoms with E-state index in [1.54, 1.807) is 4.31 Å². The zero-order valence-electron chi connectivity index (χ0n) is 22.1. The molecule has 0 rings (SSSR count). The molecule has 1 unspecified atom stereocenters. The lowest BCUT2D eigenvalue weighted by molar-refractivity contribution is 0.366. The Morgan fingerprint density at radius 3 is 0.875 bits per heavy atom. The zero-order valence-corrected chi connectivity index (χ0v) is 22.9. The van der Waals surface area contributed by atoms with Crippen LogP contribution in [-0.4, -0.2) is 26.2 Å². The van der Waals surface area contributed by atoms with Crippen LogP contribution in [0.4, 0.5) is 0 Å². The van der Waals surface area contributed by atoms with Gasteiger partial charge in [-0.15, -0.1) is 0 Å². The Kier molecular flexibility index (Phi) is 27.4. The largest absolute Gasteiger partial charge is 0.760 e. The maximum atomic E-state index is 11.5. The predicted molar refractivity (Wildman–Crippen MR) is 143 cm³/mol. The Balaban J connectivity index is 3.42. The highest BCUT2D eigenvalue weighted by Crippen LogP contribution is 2.14. The first-order valence-corrected chi connectivity index (χ1v) is 15.6. The smallest absolute Gasteiger partial charge is 0.0209 e. The number of unbranched alkanes of at least 4 members (excludes halogenated alkanes) is 22. The highest BCUT2D eigenvalue weighted by atomic mass is 32.2. The molecule has 0 saturated carbocycles. The molecule has 0 spiro atoms. The third-order valence-electron chi connectivity index (χ3n) is 6.73. The van der Waals surface area contributed by atoms with Gasteiger partial charge in [0, 0.05) is 24.4 Å². The summed E-state index contributed by atoms with van der Waals surface area (Å²) in [6, 6.07) is 0. The van der Waals surface area contributed by atoms with Gasteiger partial charge in [0.05, 0.1) is 0 Å². The maximum Gasteiger partial charge on any atom is 0.0209 e. The van der Waals surface area contributed by atoms with Crippen LogP contribution in [0.15, 0.2) is 0 Å². The summed E-state index contributed by atoms with van der Waals surface area (Å²) in [5.41, 5.74) is 0. The molecule has 0 radical (unpaired) electrons. The minimum Gasteiger partial charge on any atom is -0.760 e. The summed E-state index contributed by atoms with van der Waals surface area (Å²) in [4.78, 5) is 0. The molecule has 1 atom stereocenters. The van der Waals surface area contributed by atoms with Crippen molar-refractivity contribution in [3.8, 4) is 0 Å². The Bertz CT molecular complexity index is 350. The van der Waals surface area contributed by atoms with E-state index in [2.05, 4.69) is 13.8 Å². The Morgan fingerprint density at radius 1 is 0.438 bits per heavy atom. The van der Waals surface area contributed by atoms with Crippen LogP contribution in [0.25, 0.3) is 0 Å². The second kappa shape index (κ2) is 27.3. The summed E-state index contributed by atoms with van der Waals surface area (Å²) in [6.07, 6.45) is 31.7. The van der Waals surface area contributed by atoms with Crippen LogP contribution in [0, 0.1) is 0 Å². The molecule has 4 heteroatoms. The molecule has 0 aromatic rings. The molecule has 0 amide bonds. The number of hydrogen-bond donors (Lipinski definition) is 0. The van der Waals surface area contributed by atoms with E-state index in [4.69, 9.17) is 0 Å². The third kappa shape index (κ3) is 24.7. The molecule has 0 N–H and O–H groups in total. The summed E-state index contributed by atoms with van der Waals surface area (Å²) >= 11 is -2.05. The lowest BCUT2D eigenvalue weighted by Gasteiger charge is -2.24. The maximum absolute atomic E-state index is 11.5. The van der Waals surface area contributed by atoms with E-state index >= 15 is 0 Å². The Morgan fingerprint density at radius 2 is 0.656 bits per heavy atom. The molecular weight excluding hydrogens is 414 g/mol. The summed E-state index contributed by atoms with van der Waals surface area (Å²) < 4.78 is 24.6. The molecule has 0 bridgehead atoms. The van der Waals surface area contributed by atoms with E-state index in [9.17, 15) is 8.76 Å². The lowest BCUT2D eigenvalue weighted by Crippen LogP contribution is -2.28. The van der Waals surface area contributed by atoms with Crippen molar-refractivity contribution >= 4 is 11.3 Å². The molecule has 0 aliphatic rings. The Labute approximate surface area is 205 Å². The van der Waals surface area contributed by atoms with Crippen molar-refractivity contribution in [3.05, 3.63) is 0 Å². The molecule has 0 aromatic carbocycles. The quantitative estimate of drug-likeness (QED) is 0.0882. The molecule has 0 saturated heterocycles. The standard InChI is InChI=1S/C28H59NO2S/c1-3-5-7-9-11-13-15-17-19-21-23-25-27-29(32(30)31)28-26-24-22-20-18-16-14-12-10-8-6-4-2/h3-28H2,1-2H3,(H,30,31)/p-1. The highest BCUT2D eigenvalue weighted by molar-refractivity contribution is 7.76. The normalized spacial score (nSPS) is 12.6. The van der Waals surface area contributed by atoms with E-state index in [-0.39, 0.29) is 0 Å². The second-order valence-electron chi connectivity index (χ2n) is 9.92. The first-order valence-electron chi connectivity index (χ1n) is 14.6. The topological polar surface area (TPSA) is 43.4 Å². The van der Waals surface area contributed by atoms with E-state index in [1.165, 1.54) is 141 Å². The van der Waals surface area contributed by atoms with Gasteiger partial charge < -0.3 is 4.55 Å². The zero-order chi connectivity index (χ0) is 23.5. The SMILES string of the molecule is CCCCCCCCCCCCCCN(CCCCCCCCCCCCCC)S(=O)[O-]. The van der Waals surface area contributed by atoms with Gasteiger partial charge in [-0.25, -0.2) is 4.31 Å². The molecule has 32 heavy (non-hydrogen) atoms. The minimum atomic E-state index is -2.05. The van der Waals surface area contributed by atoms with Crippen LogP contribution in [0.5, 0.6) is 0 Å². The van der Waals surface area contributed by atoms with Crippen LogP contribution in [0.3, 0.4) is 0 Å². The monoisotopic (exact) mass is 472 g/mol. The number of nitrogens with zero attached hydrogens (tertiary/aromatic N) is 1. The van der Waals surface area contributed by atoms with Gasteiger partial charge in [-0.2, -0.15) is 0 Å². The van der Waals surface area contributed by atoms with Crippen molar-refractivity contribution in [2.75, 3.05) is 13.1 Å². The Hall–Kier alpha value is 0.0700. The van der Waals surface area contributed by atoms with Gasteiger partial charge in [-0.1, -0.05) is 155 Å². The van der Waals surface area contributed by atoms with Gasteiger partial charge in [0.15, 0.2) is 0 Å². The average molecular weight is 473 g/mol. The molecule has 0 heterocycles. The van der Waals surface area contributed by atoms with Gasteiger partial charge in [0.2, 0.25) is 0 Å². The second-order valence-corrected chi connectivity index (χ2v) is 10.9. The minimum absolute atomic E-state index is 0.714. The van der Waals surface area contributed by atoms with Gasteiger partial charge in [-0.3, -0.25) is 4.21 Å². The van der Waals surface area contributed by atoms with Crippen molar-refractivity contribution in [3.63, 3.8) is 0 Å². The summed E-state index contributed by atoms with van der Waals surface area (Å²) in [6.45, 7) is 5.97. The average Bonchev–Trinajstić information content (AvgIpc) is 2.78. The summed E-state index contributed by atoms with van der Waals surface area (Å²) in [7, 11) is 0. The molecule has 0 aromatic heterocycles. The summed E-state index contributed by atoms with van der Waals surface area (Å²) in [5, 5.41) is 0. The van der Waals surface area contributed by atoms with Crippen LogP contribution < -0.4 is 0 Å². The van der Waals surface area contributed by atoms with Crippen LogP contribution >= 0.6 is 0 Å². The first-order chi connectivity index (χ1) is 15.7. The van der Waals surface area contributed by atoms with Crippen molar-refractivity contribution < 1.29 is 8.76 Å². The fraction of sp³-hybridized carbons (Fsp3) is 1.00. The fourth-order valence-corrected chi connectivity index (χ4v) is 5.08. The molecule has 0 aliphatic heterocycles. The van der Waals surface area contributed by atoms with E-state index < -0.39 is 11.3 Å². The van der Waals surface area contributed by atoms with Crippen LogP contribution in [0.1, 0.15) is 168 Å². The van der Waals surface area contributed by atoms with Crippen molar-refractivity contribution in [2.24, 2.45) is 0 Å². The highest BCUT2D eigenvalue weighted by Gasteiger charge is 2.05. The van der Waals surface area contributed by atoms with Crippen molar-refractivity contribution in [2.45, 2.75) is 168 Å². The van der Waals surface area contributed by atoms with Crippen LogP contribution in [0.2, 0.25) is 0 Å². The van der Waals surface area contributed by atoms with Gasteiger partial charge in [0.25, 0.3) is 0 Å². The number of rotatable bonds is 27. The molecular formula is C28H58NO2S-. The predicted octanol–water partition coefficient (Wildman–Crippen LogP) is 9.48. The van der Waals surface area contributed by atoms with Gasteiger partial charge in [0.1, 0.15) is 0 Å². The van der Waals surface area contributed by atoms with Crippen molar-refractivity contribution in [1.82, 2.24) is 4.31 Å². The summed E-state index contributed by atoms with van der Waals surface area (Å²) in [5.74, 6) is 0. The molecule has 0 aliphatic carbocycles. The van der Waals surface area contributed by atoms with E-state index in [1.807, 2.05) is 0 Å². The number of hydrogen-bond acceptors (Lipinski definition) is 2. The van der Waals surface area contributed by atoms with E-state index in [0.717, 1.165) is 12.8 Å². The first kappa shape index (κ1) is 32.1. The molecule has 194 valence electrons. The third-order valence-corrected chi connectivity index (χ3v) is 7.52.